The number of rotatable bonds is 4. The maximum Gasteiger partial charge on any atom is 0.0334 e. The summed E-state index contributed by atoms with van der Waals surface area (Å²) < 4.78 is 0. The maximum absolute atomic E-state index is 3.82. The number of nitrogens with one attached hydrogen (secondary N) is 1. The molecule has 2 rings (SSSR count). The van der Waals surface area contributed by atoms with Gasteiger partial charge >= 0.3 is 0 Å². The Balaban J connectivity index is 2.12. The topological polar surface area (TPSA) is 15.3 Å². The summed E-state index contributed by atoms with van der Waals surface area (Å²) >= 11 is 0. The Bertz CT molecular complexity index is 272. The summed E-state index contributed by atoms with van der Waals surface area (Å²) in [5.74, 6) is 1.71. The zero-order chi connectivity index (χ0) is 12.7. The lowest BCUT2D eigenvalue weighted by molar-refractivity contribution is -0.00265. The summed E-state index contributed by atoms with van der Waals surface area (Å²) in [6.45, 7) is 15.5. The molecule has 2 unspecified atom stereocenters. The van der Waals surface area contributed by atoms with E-state index in [1.807, 2.05) is 0 Å². The fourth-order valence-corrected chi connectivity index (χ4v) is 3.22. The van der Waals surface area contributed by atoms with Gasteiger partial charge in [0.15, 0.2) is 0 Å². The Hall–Kier alpha value is -0.0800. The molecular weight excluding hydrogens is 208 g/mol. The van der Waals surface area contributed by atoms with Gasteiger partial charge in [-0.2, -0.15) is 0 Å². The van der Waals surface area contributed by atoms with Gasteiger partial charge in [-0.3, -0.25) is 4.90 Å². The fraction of sp³-hybridized carbons (Fsp3) is 1.00. The van der Waals surface area contributed by atoms with Gasteiger partial charge in [-0.05, 0) is 44.9 Å². The second-order valence-corrected chi connectivity index (χ2v) is 7.17. The minimum absolute atomic E-state index is 0.323. The predicted molar refractivity (Wildman–Crippen MR) is 74.2 cm³/mol. The lowest BCUT2D eigenvalue weighted by Crippen LogP contribution is -2.69. The van der Waals surface area contributed by atoms with E-state index in [0.29, 0.717) is 11.1 Å². The quantitative estimate of drug-likeness (QED) is 0.810. The van der Waals surface area contributed by atoms with Crippen LogP contribution >= 0.6 is 0 Å². The van der Waals surface area contributed by atoms with Gasteiger partial charge in [0.2, 0.25) is 0 Å². The SMILES string of the molecule is CCC1(C)CN(CC(C)C)C(C)(C2CC2)CN1. The molecule has 0 aromatic heterocycles. The van der Waals surface area contributed by atoms with Crippen LogP contribution in [-0.4, -0.2) is 35.6 Å². The molecule has 2 nitrogen and oxygen atoms in total. The number of hydrogen-bond donors (Lipinski definition) is 1. The van der Waals surface area contributed by atoms with E-state index >= 15 is 0 Å². The van der Waals surface area contributed by atoms with Crippen LogP contribution in [-0.2, 0) is 0 Å². The Morgan fingerprint density at radius 1 is 1.29 bits per heavy atom. The first-order valence-corrected chi connectivity index (χ1v) is 7.40. The highest BCUT2D eigenvalue weighted by molar-refractivity contribution is 5.07. The van der Waals surface area contributed by atoms with E-state index in [4.69, 9.17) is 0 Å². The van der Waals surface area contributed by atoms with Gasteiger partial charge in [0.25, 0.3) is 0 Å². The van der Waals surface area contributed by atoms with Crippen molar-refractivity contribution in [3.63, 3.8) is 0 Å². The summed E-state index contributed by atoms with van der Waals surface area (Å²) in [5, 5.41) is 3.82. The van der Waals surface area contributed by atoms with E-state index < -0.39 is 0 Å². The molecule has 1 N–H and O–H groups in total. The van der Waals surface area contributed by atoms with Gasteiger partial charge in [-0.1, -0.05) is 20.8 Å². The van der Waals surface area contributed by atoms with E-state index in [9.17, 15) is 0 Å². The third kappa shape index (κ3) is 2.68. The van der Waals surface area contributed by atoms with Crippen molar-refractivity contribution in [3.8, 4) is 0 Å². The molecule has 1 aliphatic heterocycles. The molecule has 0 amide bonds. The molecular formula is C15H30N2. The Morgan fingerprint density at radius 2 is 1.94 bits per heavy atom. The van der Waals surface area contributed by atoms with E-state index in [-0.39, 0.29) is 0 Å². The molecule has 0 spiro atoms. The summed E-state index contributed by atoms with van der Waals surface area (Å²) in [5.41, 5.74) is 0.738. The van der Waals surface area contributed by atoms with E-state index in [1.165, 1.54) is 38.9 Å². The average molecular weight is 238 g/mol. The van der Waals surface area contributed by atoms with Crippen LogP contribution in [0.3, 0.4) is 0 Å². The molecule has 0 aromatic carbocycles. The molecule has 1 aliphatic carbocycles. The van der Waals surface area contributed by atoms with Gasteiger partial charge in [0, 0.05) is 30.7 Å². The van der Waals surface area contributed by atoms with E-state index in [2.05, 4.69) is 44.8 Å². The lowest BCUT2D eigenvalue weighted by atomic mass is 9.83. The minimum atomic E-state index is 0.323. The molecule has 2 heteroatoms. The number of piperazine rings is 1. The predicted octanol–water partition coefficient (Wildman–Crippen LogP) is 2.89. The Labute approximate surface area is 107 Å². The van der Waals surface area contributed by atoms with Crippen molar-refractivity contribution < 1.29 is 0 Å². The van der Waals surface area contributed by atoms with Gasteiger partial charge < -0.3 is 5.32 Å². The second-order valence-electron chi connectivity index (χ2n) is 7.17. The van der Waals surface area contributed by atoms with Gasteiger partial charge in [0.05, 0.1) is 0 Å². The molecule has 17 heavy (non-hydrogen) atoms. The molecule has 2 aliphatic rings. The van der Waals surface area contributed by atoms with Crippen molar-refractivity contribution in [2.45, 2.75) is 65.0 Å². The van der Waals surface area contributed by atoms with Crippen LogP contribution in [0.5, 0.6) is 0 Å². The van der Waals surface area contributed by atoms with Crippen molar-refractivity contribution in [2.75, 3.05) is 19.6 Å². The van der Waals surface area contributed by atoms with Crippen molar-refractivity contribution in [1.82, 2.24) is 10.2 Å². The molecule has 1 saturated carbocycles. The first kappa shape index (κ1) is 13.4. The molecule has 2 fully saturated rings. The van der Waals surface area contributed by atoms with E-state index in [1.54, 1.807) is 0 Å². The van der Waals surface area contributed by atoms with Gasteiger partial charge in [-0.25, -0.2) is 0 Å². The average Bonchev–Trinajstić information content (AvgIpc) is 3.07. The van der Waals surface area contributed by atoms with Crippen LogP contribution in [0.2, 0.25) is 0 Å². The van der Waals surface area contributed by atoms with Crippen molar-refractivity contribution in [1.29, 1.82) is 0 Å². The Morgan fingerprint density at radius 3 is 2.41 bits per heavy atom. The van der Waals surface area contributed by atoms with E-state index in [0.717, 1.165) is 11.8 Å². The standard InChI is InChI=1S/C15H30N2/c1-6-14(4)11-17(9-12(2)3)15(5,10-16-14)13-7-8-13/h12-13,16H,6-11H2,1-5H3. The highest BCUT2D eigenvalue weighted by atomic mass is 15.3. The molecule has 1 heterocycles. The third-order valence-corrected chi connectivity index (χ3v) is 4.96. The minimum Gasteiger partial charge on any atom is -0.308 e. The summed E-state index contributed by atoms with van der Waals surface area (Å²) in [4.78, 5) is 2.79. The maximum atomic E-state index is 3.82. The van der Waals surface area contributed by atoms with Gasteiger partial charge in [-0.15, -0.1) is 0 Å². The largest absolute Gasteiger partial charge is 0.308 e. The van der Waals surface area contributed by atoms with Crippen LogP contribution < -0.4 is 5.32 Å². The molecule has 1 saturated heterocycles. The fourth-order valence-electron chi connectivity index (χ4n) is 3.22. The molecule has 100 valence electrons. The zero-order valence-electron chi connectivity index (χ0n) is 12.3. The van der Waals surface area contributed by atoms with Crippen LogP contribution in [0, 0.1) is 11.8 Å². The zero-order valence-corrected chi connectivity index (χ0v) is 12.3. The smallest absolute Gasteiger partial charge is 0.0334 e. The highest BCUT2D eigenvalue weighted by Crippen LogP contribution is 2.45. The van der Waals surface area contributed by atoms with Crippen molar-refractivity contribution in [2.24, 2.45) is 11.8 Å². The lowest BCUT2D eigenvalue weighted by Gasteiger charge is -2.53. The first-order valence-electron chi connectivity index (χ1n) is 7.40. The van der Waals surface area contributed by atoms with Crippen molar-refractivity contribution in [3.05, 3.63) is 0 Å². The third-order valence-electron chi connectivity index (χ3n) is 4.96. The van der Waals surface area contributed by atoms with Crippen LogP contribution in [0.4, 0.5) is 0 Å². The normalized spacial score (nSPS) is 39.9. The van der Waals surface area contributed by atoms with Crippen LogP contribution in [0.1, 0.15) is 53.9 Å². The Kier molecular flexibility index (Phi) is 3.57. The summed E-state index contributed by atoms with van der Waals surface area (Å²) in [7, 11) is 0. The molecule has 2 atom stereocenters. The molecule has 0 bridgehead atoms. The number of hydrogen-bond acceptors (Lipinski definition) is 2. The highest BCUT2D eigenvalue weighted by Gasteiger charge is 2.50. The second kappa shape index (κ2) is 4.55. The van der Waals surface area contributed by atoms with Crippen LogP contribution in [0.15, 0.2) is 0 Å². The van der Waals surface area contributed by atoms with Crippen LogP contribution in [0.25, 0.3) is 0 Å². The summed E-state index contributed by atoms with van der Waals surface area (Å²) in [6, 6.07) is 0. The summed E-state index contributed by atoms with van der Waals surface area (Å²) in [6.07, 6.45) is 4.10. The number of nitrogens with zero attached hydrogens (tertiary/aromatic N) is 1. The monoisotopic (exact) mass is 238 g/mol. The molecule has 0 radical (unpaired) electrons. The van der Waals surface area contributed by atoms with Crippen molar-refractivity contribution >= 4 is 0 Å². The van der Waals surface area contributed by atoms with Gasteiger partial charge in [0.1, 0.15) is 0 Å². The molecule has 0 aromatic rings. The first-order chi connectivity index (χ1) is 7.89.